The van der Waals surface area contributed by atoms with Gasteiger partial charge in [-0.05, 0) is 123 Å². The number of hydrogen-bond donors (Lipinski definition) is 4. The summed E-state index contributed by atoms with van der Waals surface area (Å²) < 4.78 is 0. The third kappa shape index (κ3) is 5.11. The molecule has 5 rings (SSSR count). The number of unbranched alkanes of at least 4 members (excludes halogenated alkanes) is 3. The third-order valence-corrected chi connectivity index (χ3v) is 14.9. The van der Waals surface area contributed by atoms with Gasteiger partial charge in [0.1, 0.15) is 0 Å². The van der Waals surface area contributed by atoms with E-state index in [0.29, 0.717) is 49.2 Å². The molecule has 0 aromatic heterocycles. The number of hydroxylamine groups is 1. The van der Waals surface area contributed by atoms with Gasteiger partial charge in [0, 0.05) is 18.8 Å². The lowest BCUT2D eigenvalue weighted by atomic mass is 9.33. The number of rotatable bonds is 8. The van der Waals surface area contributed by atoms with E-state index in [1.807, 2.05) is 6.92 Å². The van der Waals surface area contributed by atoms with Crippen LogP contribution in [-0.4, -0.2) is 39.6 Å². The van der Waals surface area contributed by atoms with Crippen molar-refractivity contribution in [2.24, 2.45) is 51.2 Å². The molecular weight excluding hydrogens is 552 g/mol. The molecule has 5 aliphatic rings. The number of amides is 2. The Labute approximate surface area is 265 Å². The average Bonchev–Trinajstić information content (AvgIpc) is 2.96. The van der Waals surface area contributed by atoms with Crippen LogP contribution in [0.2, 0.25) is 0 Å². The molecule has 2 amide bonds. The van der Waals surface area contributed by atoms with Gasteiger partial charge in [-0.3, -0.25) is 19.6 Å². The molecular formula is C37H60N2O5. The Balaban J connectivity index is 1.37. The normalized spacial score (nSPS) is 46.5. The Morgan fingerprint density at radius 2 is 1.52 bits per heavy atom. The summed E-state index contributed by atoms with van der Waals surface area (Å²) in [6.07, 6.45) is 13.3. The number of nitrogens with one attached hydrogen (secondary N) is 2. The van der Waals surface area contributed by atoms with E-state index >= 15 is 0 Å². The molecule has 7 heteroatoms. The van der Waals surface area contributed by atoms with Crippen LogP contribution in [0.3, 0.4) is 0 Å². The van der Waals surface area contributed by atoms with Crippen LogP contribution in [0.4, 0.5) is 0 Å². The molecule has 0 spiro atoms. The van der Waals surface area contributed by atoms with E-state index in [4.69, 9.17) is 5.21 Å². The van der Waals surface area contributed by atoms with Gasteiger partial charge in [-0.25, -0.2) is 5.48 Å². The predicted molar refractivity (Wildman–Crippen MR) is 171 cm³/mol. The van der Waals surface area contributed by atoms with Crippen LogP contribution in [-0.2, 0) is 14.4 Å². The number of fused-ring (bicyclic) bond motifs is 7. The summed E-state index contributed by atoms with van der Waals surface area (Å²) in [5.41, 5.74) is 2.10. The molecule has 0 unspecified atom stereocenters. The highest BCUT2D eigenvalue weighted by Gasteiger charge is 2.70. The number of ketones is 1. The predicted octanol–water partition coefficient (Wildman–Crippen LogP) is 6.90. The highest BCUT2D eigenvalue weighted by Crippen LogP contribution is 2.74. The number of carbonyl (C=O) groups excluding carboxylic acids is 3. The van der Waals surface area contributed by atoms with Gasteiger partial charge in [-0.15, -0.1) is 0 Å². The van der Waals surface area contributed by atoms with Gasteiger partial charge in [0.15, 0.2) is 5.78 Å². The lowest BCUT2D eigenvalue weighted by molar-refractivity contribution is -0.194. The fraction of sp³-hybridized carbons (Fsp3) is 0.865. The molecule has 0 aromatic rings. The highest BCUT2D eigenvalue weighted by atomic mass is 16.5. The number of hydrogen-bond acceptors (Lipinski definition) is 5. The second kappa shape index (κ2) is 11.8. The maximum atomic E-state index is 14.6. The summed E-state index contributed by atoms with van der Waals surface area (Å²) in [5.74, 6) is 1.46. The molecule has 4 saturated carbocycles. The largest absolute Gasteiger partial charge is 0.391 e. The molecule has 0 aliphatic heterocycles. The van der Waals surface area contributed by atoms with Gasteiger partial charge >= 0.3 is 0 Å². The van der Waals surface area contributed by atoms with Crippen molar-refractivity contribution in [3.8, 4) is 0 Å². The fourth-order valence-corrected chi connectivity index (χ4v) is 11.9. The first-order chi connectivity index (χ1) is 20.6. The Bertz CT molecular complexity index is 1180. The average molecular weight is 613 g/mol. The molecule has 4 fully saturated rings. The summed E-state index contributed by atoms with van der Waals surface area (Å²) in [5, 5.41) is 23.4. The van der Waals surface area contributed by atoms with Crippen molar-refractivity contribution < 1.29 is 24.7 Å². The Kier molecular flexibility index (Phi) is 9.03. The summed E-state index contributed by atoms with van der Waals surface area (Å²) >= 11 is 0. The minimum Gasteiger partial charge on any atom is -0.391 e. The quantitative estimate of drug-likeness (QED) is 0.135. The SMILES string of the molecule is C[C@H]1[C@H](C)CC[C@]2(C)CC[C@]3(C)C(=CC(=O)[C@@H]4[C@@]5(C)CC[C@@H](O)[C@](C)(NC(=O)CCCCCCC(=O)NO)[C@@H]5CC[C@]43C)[C@H]12. The van der Waals surface area contributed by atoms with Gasteiger partial charge < -0.3 is 10.4 Å². The van der Waals surface area contributed by atoms with Crippen LogP contribution in [0.5, 0.6) is 0 Å². The van der Waals surface area contributed by atoms with E-state index in [1.54, 1.807) is 5.48 Å². The smallest absolute Gasteiger partial charge is 0.243 e. The number of aliphatic hydroxyl groups excluding tert-OH is 1. The molecule has 248 valence electrons. The van der Waals surface area contributed by atoms with Gasteiger partial charge in [0.05, 0.1) is 11.6 Å². The molecule has 7 nitrogen and oxygen atoms in total. The molecule has 0 saturated heterocycles. The lowest BCUT2D eigenvalue weighted by Crippen LogP contribution is -2.72. The molecule has 0 heterocycles. The standard InChI is InChI=1S/C37H60N2O5/c1-23-14-17-33(3)20-21-35(5)25(31(33)24(23)2)22-26(40)32-34(4)18-16-28(41)37(7,27(34)15-19-36(32,35)6)38-29(42)12-10-8-9-11-13-30(43)39-44/h22-24,27-28,31-32,41,44H,8-21H2,1-7H3,(H,38,42)(H,39,43)/t23-,24+,27-,28-,31+,32-,33-,34+,35-,36-,37-/m1/s1. The zero-order valence-corrected chi connectivity index (χ0v) is 28.6. The van der Waals surface area contributed by atoms with Gasteiger partial charge in [-0.2, -0.15) is 0 Å². The van der Waals surface area contributed by atoms with E-state index < -0.39 is 11.6 Å². The third-order valence-electron chi connectivity index (χ3n) is 14.9. The van der Waals surface area contributed by atoms with Crippen LogP contribution in [0.1, 0.15) is 138 Å². The van der Waals surface area contributed by atoms with Crippen molar-refractivity contribution in [1.29, 1.82) is 0 Å². The number of carbonyl (C=O) groups is 3. The van der Waals surface area contributed by atoms with Crippen molar-refractivity contribution in [2.75, 3.05) is 0 Å². The lowest BCUT2D eigenvalue weighted by Gasteiger charge is -2.70. The molecule has 44 heavy (non-hydrogen) atoms. The second-order valence-electron chi connectivity index (χ2n) is 17.1. The highest BCUT2D eigenvalue weighted by molar-refractivity contribution is 5.95. The minimum absolute atomic E-state index is 0.0164. The summed E-state index contributed by atoms with van der Waals surface area (Å²) in [4.78, 5) is 39.1. The summed E-state index contributed by atoms with van der Waals surface area (Å²) in [7, 11) is 0. The Morgan fingerprint density at radius 1 is 0.864 bits per heavy atom. The van der Waals surface area contributed by atoms with E-state index in [9.17, 15) is 19.5 Å². The zero-order valence-electron chi connectivity index (χ0n) is 28.6. The molecule has 5 aliphatic carbocycles. The van der Waals surface area contributed by atoms with E-state index in [0.717, 1.165) is 38.5 Å². The van der Waals surface area contributed by atoms with E-state index in [-0.39, 0.29) is 51.7 Å². The molecule has 0 radical (unpaired) electrons. The van der Waals surface area contributed by atoms with Crippen LogP contribution < -0.4 is 10.8 Å². The Hall–Kier alpha value is -1.73. The van der Waals surface area contributed by atoms with Gasteiger partial charge in [-0.1, -0.05) is 60.0 Å². The van der Waals surface area contributed by atoms with Crippen LogP contribution >= 0.6 is 0 Å². The number of aliphatic hydroxyl groups is 1. The van der Waals surface area contributed by atoms with Crippen molar-refractivity contribution >= 4 is 17.6 Å². The summed E-state index contributed by atoms with van der Waals surface area (Å²) in [6.45, 7) is 16.6. The summed E-state index contributed by atoms with van der Waals surface area (Å²) in [6, 6.07) is 0. The molecule has 0 bridgehead atoms. The van der Waals surface area contributed by atoms with E-state index in [1.165, 1.54) is 24.8 Å². The maximum absolute atomic E-state index is 14.6. The van der Waals surface area contributed by atoms with Crippen molar-refractivity contribution in [3.05, 3.63) is 11.6 Å². The van der Waals surface area contributed by atoms with Crippen LogP contribution in [0, 0.1) is 51.2 Å². The maximum Gasteiger partial charge on any atom is 0.243 e. The zero-order chi connectivity index (χ0) is 32.3. The topological polar surface area (TPSA) is 116 Å². The van der Waals surface area contributed by atoms with Crippen molar-refractivity contribution in [1.82, 2.24) is 10.8 Å². The molecule has 4 N–H and O–H groups in total. The monoisotopic (exact) mass is 612 g/mol. The van der Waals surface area contributed by atoms with Crippen LogP contribution in [0.25, 0.3) is 0 Å². The first-order valence-electron chi connectivity index (χ1n) is 17.8. The first-order valence-corrected chi connectivity index (χ1v) is 17.8. The first kappa shape index (κ1) is 33.6. The second-order valence-corrected chi connectivity index (χ2v) is 17.1. The Morgan fingerprint density at radius 3 is 2.18 bits per heavy atom. The fourth-order valence-electron chi connectivity index (χ4n) is 11.9. The van der Waals surface area contributed by atoms with Gasteiger partial charge in [0.25, 0.3) is 0 Å². The molecule has 0 aromatic carbocycles. The van der Waals surface area contributed by atoms with E-state index in [2.05, 4.69) is 52.9 Å². The number of allylic oxidation sites excluding steroid dienone is 2. The minimum atomic E-state index is -0.783. The van der Waals surface area contributed by atoms with Crippen molar-refractivity contribution in [3.63, 3.8) is 0 Å². The van der Waals surface area contributed by atoms with Crippen LogP contribution in [0.15, 0.2) is 11.6 Å². The van der Waals surface area contributed by atoms with Crippen molar-refractivity contribution in [2.45, 2.75) is 150 Å². The van der Waals surface area contributed by atoms with Gasteiger partial charge in [0.2, 0.25) is 11.8 Å². The molecule has 11 atom stereocenters.